The maximum atomic E-state index is 4.57. The second-order valence-electron chi connectivity index (χ2n) is 5.64. The largest absolute Gasteiger partial charge is 0.262 e. The van der Waals surface area contributed by atoms with Gasteiger partial charge in [0.2, 0.25) is 0 Å². The van der Waals surface area contributed by atoms with Gasteiger partial charge in [0.15, 0.2) is 5.82 Å². The average Bonchev–Trinajstić information content (AvgIpc) is 2.87. The molecule has 1 N–H and O–H groups in total. The van der Waals surface area contributed by atoms with Gasteiger partial charge in [-0.1, -0.05) is 45.0 Å². The number of nitrogens with zero attached hydrogens (tertiary/aromatic N) is 3. The van der Waals surface area contributed by atoms with Crippen LogP contribution in [0.15, 0.2) is 36.5 Å². The lowest BCUT2D eigenvalue weighted by Crippen LogP contribution is -2.13. The van der Waals surface area contributed by atoms with Gasteiger partial charge in [-0.05, 0) is 11.5 Å². The summed E-state index contributed by atoms with van der Waals surface area (Å²) in [6, 6.07) is 10.1. The molecule has 19 heavy (non-hydrogen) atoms. The van der Waals surface area contributed by atoms with Gasteiger partial charge in [-0.15, -0.1) is 0 Å². The highest BCUT2D eigenvalue weighted by Crippen LogP contribution is 2.25. The summed E-state index contributed by atoms with van der Waals surface area (Å²) in [5.41, 5.74) is 0.778. The van der Waals surface area contributed by atoms with Crippen LogP contribution in [-0.4, -0.2) is 20.2 Å². The third-order valence-electron chi connectivity index (χ3n) is 3.08. The molecule has 0 amide bonds. The number of pyridine rings is 1. The molecule has 0 bridgehead atoms. The summed E-state index contributed by atoms with van der Waals surface area (Å²) in [6.07, 6.45) is 1.80. The fourth-order valence-corrected chi connectivity index (χ4v) is 2.00. The molecule has 3 rings (SSSR count). The van der Waals surface area contributed by atoms with Crippen LogP contribution in [0.25, 0.3) is 22.3 Å². The van der Waals surface area contributed by atoms with Crippen LogP contribution in [0, 0.1) is 0 Å². The average molecular weight is 252 g/mol. The van der Waals surface area contributed by atoms with Crippen molar-refractivity contribution < 1.29 is 0 Å². The summed E-state index contributed by atoms with van der Waals surface area (Å²) in [7, 11) is 0. The number of H-pyrrole nitrogens is 1. The Kier molecular flexibility index (Phi) is 2.59. The number of aromatic amines is 1. The second kappa shape index (κ2) is 4.16. The van der Waals surface area contributed by atoms with Crippen molar-refractivity contribution in [2.24, 2.45) is 0 Å². The SMILES string of the molecule is CC(C)(C)c1nc(-c2nccc3ccccc23)n[nH]1. The molecule has 3 aromatic rings. The minimum absolute atomic E-state index is 0.0458. The first-order valence-electron chi connectivity index (χ1n) is 6.33. The molecular formula is C15H16N4. The standard InChI is InChI=1S/C15H16N4/c1-15(2,3)14-17-13(18-19-14)12-11-7-5-4-6-10(11)8-9-16-12/h4-9H,1-3H3,(H,17,18,19). The third kappa shape index (κ3) is 2.10. The summed E-state index contributed by atoms with van der Waals surface area (Å²) >= 11 is 0. The first-order chi connectivity index (χ1) is 9.05. The highest BCUT2D eigenvalue weighted by atomic mass is 15.2. The first kappa shape index (κ1) is 11.8. The minimum atomic E-state index is -0.0458. The van der Waals surface area contributed by atoms with Crippen LogP contribution in [0.5, 0.6) is 0 Å². The number of nitrogens with one attached hydrogen (secondary N) is 1. The molecule has 0 radical (unpaired) electrons. The third-order valence-corrected chi connectivity index (χ3v) is 3.08. The Morgan fingerprint density at radius 3 is 2.58 bits per heavy atom. The number of benzene rings is 1. The van der Waals surface area contributed by atoms with Crippen molar-refractivity contribution in [1.82, 2.24) is 20.2 Å². The van der Waals surface area contributed by atoms with Gasteiger partial charge in [0.05, 0.1) is 0 Å². The molecule has 96 valence electrons. The fraction of sp³-hybridized carbons (Fsp3) is 0.267. The maximum absolute atomic E-state index is 4.57. The summed E-state index contributed by atoms with van der Waals surface area (Å²) in [5.74, 6) is 1.53. The van der Waals surface area contributed by atoms with E-state index in [1.807, 2.05) is 24.3 Å². The van der Waals surface area contributed by atoms with E-state index >= 15 is 0 Å². The Bertz CT molecular complexity index is 717. The lowest BCUT2D eigenvalue weighted by molar-refractivity contribution is 0.548. The zero-order valence-corrected chi connectivity index (χ0v) is 11.3. The smallest absolute Gasteiger partial charge is 0.200 e. The van der Waals surface area contributed by atoms with Crippen molar-refractivity contribution in [2.75, 3.05) is 0 Å². The monoisotopic (exact) mass is 252 g/mol. The number of hydrogen-bond donors (Lipinski definition) is 1. The molecule has 0 aliphatic rings. The van der Waals surface area contributed by atoms with E-state index in [-0.39, 0.29) is 5.41 Å². The Morgan fingerprint density at radius 1 is 1.05 bits per heavy atom. The summed E-state index contributed by atoms with van der Waals surface area (Å²) < 4.78 is 0. The number of fused-ring (bicyclic) bond motifs is 1. The van der Waals surface area contributed by atoms with Gasteiger partial charge in [0.1, 0.15) is 11.5 Å². The first-order valence-corrected chi connectivity index (χ1v) is 6.33. The Morgan fingerprint density at radius 2 is 1.84 bits per heavy atom. The molecule has 0 saturated carbocycles. The highest BCUT2D eigenvalue weighted by Gasteiger charge is 2.20. The normalized spacial score (nSPS) is 11.9. The van der Waals surface area contributed by atoms with Crippen molar-refractivity contribution in [3.8, 4) is 11.5 Å². The lowest BCUT2D eigenvalue weighted by Gasteiger charge is -2.12. The lowest BCUT2D eigenvalue weighted by atomic mass is 9.96. The summed E-state index contributed by atoms with van der Waals surface area (Å²) in [4.78, 5) is 9.00. The fourth-order valence-electron chi connectivity index (χ4n) is 2.00. The molecule has 4 heteroatoms. The molecule has 0 fully saturated rings. The van der Waals surface area contributed by atoms with E-state index in [2.05, 4.69) is 47.0 Å². The van der Waals surface area contributed by atoms with Gasteiger partial charge in [-0.25, -0.2) is 4.98 Å². The van der Waals surface area contributed by atoms with Gasteiger partial charge < -0.3 is 0 Å². The molecule has 0 spiro atoms. The van der Waals surface area contributed by atoms with E-state index in [0.717, 1.165) is 22.3 Å². The van der Waals surface area contributed by atoms with E-state index in [1.54, 1.807) is 6.20 Å². The van der Waals surface area contributed by atoms with Crippen molar-refractivity contribution in [1.29, 1.82) is 0 Å². The zero-order chi connectivity index (χ0) is 13.5. The van der Waals surface area contributed by atoms with Crippen LogP contribution in [0.1, 0.15) is 26.6 Å². The Balaban J connectivity index is 2.17. The van der Waals surface area contributed by atoms with E-state index in [9.17, 15) is 0 Å². The minimum Gasteiger partial charge on any atom is -0.262 e. The number of rotatable bonds is 1. The number of aromatic nitrogens is 4. The van der Waals surface area contributed by atoms with Gasteiger partial charge in [0.25, 0.3) is 0 Å². The quantitative estimate of drug-likeness (QED) is 0.722. The second-order valence-corrected chi connectivity index (χ2v) is 5.64. The van der Waals surface area contributed by atoms with Crippen LogP contribution in [0.4, 0.5) is 0 Å². The van der Waals surface area contributed by atoms with Crippen LogP contribution < -0.4 is 0 Å². The zero-order valence-electron chi connectivity index (χ0n) is 11.3. The van der Waals surface area contributed by atoms with Crippen molar-refractivity contribution in [2.45, 2.75) is 26.2 Å². The molecule has 2 aromatic heterocycles. The van der Waals surface area contributed by atoms with Crippen LogP contribution >= 0.6 is 0 Å². The van der Waals surface area contributed by atoms with Gasteiger partial charge >= 0.3 is 0 Å². The Labute approximate surface area is 111 Å². The van der Waals surface area contributed by atoms with Gasteiger partial charge in [-0.2, -0.15) is 5.10 Å². The van der Waals surface area contributed by atoms with E-state index in [0.29, 0.717) is 5.82 Å². The van der Waals surface area contributed by atoms with E-state index < -0.39 is 0 Å². The predicted octanol–water partition coefficient (Wildman–Crippen LogP) is 3.32. The molecular weight excluding hydrogens is 236 g/mol. The maximum Gasteiger partial charge on any atom is 0.200 e. The van der Waals surface area contributed by atoms with Crippen molar-refractivity contribution in [3.63, 3.8) is 0 Å². The molecule has 0 saturated heterocycles. The molecule has 0 aliphatic heterocycles. The van der Waals surface area contributed by atoms with Crippen molar-refractivity contribution >= 4 is 10.8 Å². The summed E-state index contributed by atoms with van der Waals surface area (Å²) in [5, 5.41) is 9.53. The predicted molar refractivity (Wildman–Crippen MR) is 75.8 cm³/mol. The summed E-state index contributed by atoms with van der Waals surface area (Å²) in [6.45, 7) is 6.31. The molecule has 2 heterocycles. The molecule has 1 aromatic carbocycles. The molecule has 0 atom stereocenters. The molecule has 0 aliphatic carbocycles. The van der Waals surface area contributed by atoms with E-state index in [4.69, 9.17) is 0 Å². The van der Waals surface area contributed by atoms with E-state index in [1.165, 1.54) is 0 Å². The van der Waals surface area contributed by atoms with Crippen LogP contribution in [0.2, 0.25) is 0 Å². The van der Waals surface area contributed by atoms with Crippen molar-refractivity contribution in [3.05, 3.63) is 42.4 Å². The van der Waals surface area contributed by atoms with Gasteiger partial charge in [0, 0.05) is 17.0 Å². The molecule has 4 nitrogen and oxygen atoms in total. The van der Waals surface area contributed by atoms with Gasteiger partial charge in [-0.3, -0.25) is 10.1 Å². The highest BCUT2D eigenvalue weighted by molar-refractivity contribution is 5.92. The molecule has 0 unspecified atom stereocenters. The number of hydrogen-bond acceptors (Lipinski definition) is 3. The van der Waals surface area contributed by atoms with Crippen LogP contribution in [0.3, 0.4) is 0 Å². The topological polar surface area (TPSA) is 54.5 Å². The Hall–Kier alpha value is -2.23. The van der Waals surface area contributed by atoms with Crippen LogP contribution in [-0.2, 0) is 5.41 Å².